The first-order chi connectivity index (χ1) is 17.1. The van der Waals surface area contributed by atoms with Gasteiger partial charge in [-0.3, -0.25) is 14.5 Å². The SMILES string of the molecule is CC1(c2cc3ccccc3o2)NC(=O)N(CC(=O)Nc2cc(C(F)(F)F)ccc2-n2cncn2)C1=O. The fourth-order valence-electron chi connectivity index (χ4n) is 3.91. The number of hydrogen-bond acceptors (Lipinski definition) is 6. The second-order valence-corrected chi connectivity index (χ2v) is 8.21. The van der Waals surface area contributed by atoms with Crippen LogP contribution in [-0.4, -0.2) is 44.1 Å². The lowest BCUT2D eigenvalue weighted by Gasteiger charge is -2.19. The van der Waals surface area contributed by atoms with Crippen molar-refractivity contribution in [2.24, 2.45) is 0 Å². The van der Waals surface area contributed by atoms with Gasteiger partial charge in [0.25, 0.3) is 5.91 Å². The number of benzene rings is 2. The van der Waals surface area contributed by atoms with Crippen LogP contribution < -0.4 is 10.6 Å². The molecule has 36 heavy (non-hydrogen) atoms. The summed E-state index contributed by atoms with van der Waals surface area (Å²) in [4.78, 5) is 43.0. The first-order valence-corrected chi connectivity index (χ1v) is 10.6. The normalized spacial score (nSPS) is 18.1. The maximum atomic E-state index is 13.3. The number of furan rings is 1. The van der Waals surface area contributed by atoms with Gasteiger partial charge in [-0.2, -0.15) is 18.3 Å². The van der Waals surface area contributed by atoms with Gasteiger partial charge in [-0.15, -0.1) is 0 Å². The third-order valence-corrected chi connectivity index (χ3v) is 5.76. The summed E-state index contributed by atoms with van der Waals surface area (Å²) >= 11 is 0. The maximum absolute atomic E-state index is 13.3. The van der Waals surface area contributed by atoms with E-state index in [1.54, 1.807) is 30.3 Å². The number of nitrogens with zero attached hydrogens (tertiary/aromatic N) is 4. The average molecular weight is 498 g/mol. The Morgan fingerprint density at radius 2 is 1.94 bits per heavy atom. The van der Waals surface area contributed by atoms with Crippen LogP contribution in [0.25, 0.3) is 16.7 Å². The lowest BCUT2D eigenvalue weighted by molar-refractivity contribution is -0.137. The smallest absolute Gasteiger partial charge is 0.416 e. The van der Waals surface area contributed by atoms with Crippen LogP contribution in [0.15, 0.2) is 65.6 Å². The molecular formula is C23H17F3N6O4. The van der Waals surface area contributed by atoms with Crippen LogP contribution in [0.2, 0.25) is 0 Å². The molecule has 5 rings (SSSR count). The number of para-hydroxylation sites is 1. The van der Waals surface area contributed by atoms with Gasteiger partial charge in [-0.25, -0.2) is 14.5 Å². The predicted molar refractivity (Wildman–Crippen MR) is 119 cm³/mol. The molecule has 0 spiro atoms. The van der Waals surface area contributed by atoms with Crippen molar-refractivity contribution in [3.05, 3.63) is 72.5 Å². The third-order valence-electron chi connectivity index (χ3n) is 5.76. The molecule has 2 N–H and O–H groups in total. The fourth-order valence-corrected chi connectivity index (χ4v) is 3.91. The molecule has 1 unspecified atom stereocenters. The summed E-state index contributed by atoms with van der Waals surface area (Å²) in [6.07, 6.45) is -2.25. The Hall–Kier alpha value is -4.68. The van der Waals surface area contributed by atoms with E-state index in [0.717, 1.165) is 23.6 Å². The summed E-state index contributed by atoms with van der Waals surface area (Å²) in [5.74, 6) is -1.47. The van der Waals surface area contributed by atoms with Gasteiger partial charge in [0.2, 0.25) is 5.91 Å². The van der Waals surface area contributed by atoms with E-state index < -0.39 is 41.7 Å². The van der Waals surface area contributed by atoms with Crippen LogP contribution in [0.5, 0.6) is 0 Å². The largest absolute Gasteiger partial charge is 0.458 e. The Morgan fingerprint density at radius 3 is 2.64 bits per heavy atom. The highest BCUT2D eigenvalue weighted by atomic mass is 19.4. The minimum Gasteiger partial charge on any atom is -0.458 e. The van der Waals surface area contributed by atoms with Crippen molar-refractivity contribution in [2.75, 3.05) is 11.9 Å². The van der Waals surface area contributed by atoms with E-state index in [4.69, 9.17) is 4.42 Å². The summed E-state index contributed by atoms with van der Waals surface area (Å²) in [7, 11) is 0. The zero-order valence-corrected chi connectivity index (χ0v) is 18.5. The van der Waals surface area contributed by atoms with Crippen LogP contribution >= 0.6 is 0 Å². The summed E-state index contributed by atoms with van der Waals surface area (Å²) in [6.45, 7) is 0.700. The highest BCUT2D eigenvalue weighted by Crippen LogP contribution is 2.34. The van der Waals surface area contributed by atoms with E-state index in [2.05, 4.69) is 20.7 Å². The van der Waals surface area contributed by atoms with Crippen molar-refractivity contribution in [2.45, 2.75) is 18.6 Å². The van der Waals surface area contributed by atoms with E-state index in [9.17, 15) is 27.6 Å². The number of fused-ring (bicyclic) bond motifs is 1. The molecule has 1 aliphatic rings. The van der Waals surface area contributed by atoms with Crippen LogP contribution in [0.4, 0.5) is 23.7 Å². The average Bonchev–Trinajstić information content (AvgIpc) is 3.55. The quantitative estimate of drug-likeness (QED) is 0.407. The van der Waals surface area contributed by atoms with Crippen molar-refractivity contribution in [3.8, 4) is 5.69 Å². The standard InChI is InChI=1S/C23H17F3N6O4/c1-22(18-8-13-4-2-3-5-17(13)36-18)20(34)31(21(35)30-22)10-19(33)29-15-9-14(23(24,25)26)6-7-16(15)32-12-27-11-28-32/h2-9,11-12H,10H2,1H3,(H,29,33)(H,30,35). The van der Waals surface area contributed by atoms with Crippen molar-refractivity contribution in [3.63, 3.8) is 0 Å². The minimum atomic E-state index is -4.67. The van der Waals surface area contributed by atoms with Gasteiger partial charge < -0.3 is 15.1 Å². The van der Waals surface area contributed by atoms with Crippen LogP contribution in [-0.2, 0) is 21.3 Å². The van der Waals surface area contributed by atoms with Gasteiger partial charge in [0.05, 0.1) is 16.9 Å². The summed E-state index contributed by atoms with van der Waals surface area (Å²) in [6, 6.07) is 10.5. The monoisotopic (exact) mass is 498 g/mol. The molecule has 10 nitrogen and oxygen atoms in total. The molecule has 1 saturated heterocycles. The fraction of sp³-hybridized carbons (Fsp3) is 0.174. The minimum absolute atomic E-state index is 0.109. The number of rotatable bonds is 5. The molecule has 3 heterocycles. The first kappa shape index (κ1) is 23.1. The Kier molecular flexibility index (Phi) is 5.27. The zero-order chi connectivity index (χ0) is 25.7. The molecule has 1 fully saturated rings. The Bertz CT molecular complexity index is 1460. The molecule has 2 aromatic heterocycles. The number of alkyl halides is 3. The van der Waals surface area contributed by atoms with Crippen molar-refractivity contribution >= 4 is 34.5 Å². The molecule has 0 radical (unpaired) electrons. The number of hydrogen-bond donors (Lipinski definition) is 2. The van der Waals surface area contributed by atoms with E-state index >= 15 is 0 Å². The molecule has 0 saturated carbocycles. The molecule has 4 aromatic rings. The van der Waals surface area contributed by atoms with Gasteiger partial charge >= 0.3 is 12.2 Å². The van der Waals surface area contributed by atoms with Gasteiger partial charge in [0.15, 0.2) is 5.54 Å². The third kappa shape index (κ3) is 3.93. The second kappa shape index (κ2) is 8.22. The zero-order valence-electron chi connectivity index (χ0n) is 18.5. The molecule has 13 heteroatoms. The van der Waals surface area contributed by atoms with Crippen molar-refractivity contribution in [1.82, 2.24) is 25.0 Å². The van der Waals surface area contributed by atoms with Crippen LogP contribution in [0.1, 0.15) is 18.2 Å². The van der Waals surface area contributed by atoms with Crippen molar-refractivity contribution in [1.29, 1.82) is 0 Å². The topological polar surface area (TPSA) is 122 Å². The lowest BCUT2D eigenvalue weighted by Crippen LogP contribution is -2.42. The lowest BCUT2D eigenvalue weighted by atomic mass is 9.99. The maximum Gasteiger partial charge on any atom is 0.416 e. The molecular weight excluding hydrogens is 481 g/mol. The molecule has 0 bridgehead atoms. The molecule has 2 aromatic carbocycles. The molecule has 4 amide bonds. The molecule has 1 aliphatic heterocycles. The van der Waals surface area contributed by atoms with E-state index in [1.165, 1.54) is 24.3 Å². The van der Waals surface area contributed by atoms with Gasteiger partial charge in [0, 0.05) is 5.39 Å². The van der Waals surface area contributed by atoms with Crippen LogP contribution in [0, 0.1) is 0 Å². The summed E-state index contributed by atoms with van der Waals surface area (Å²) < 4.78 is 46.7. The van der Waals surface area contributed by atoms with E-state index in [-0.39, 0.29) is 17.1 Å². The van der Waals surface area contributed by atoms with Crippen molar-refractivity contribution < 1.29 is 32.0 Å². The Morgan fingerprint density at radius 1 is 1.17 bits per heavy atom. The van der Waals surface area contributed by atoms with E-state index in [1.807, 2.05) is 0 Å². The number of nitrogens with one attached hydrogen (secondary N) is 2. The number of anilines is 1. The van der Waals surface area contributed by atoms with Gasteiger partial charge in [-0.05, 0) is 37.3 Å². The number of carbonyl (C=O) groups excluding carboxylic acids is 3. The summed E-state index contributed by atoms with van der Waals surface area (Å²) in [5.41, 5.74) is -2.18. The number of carbonyl (C=O) groups is 3. The highest BCUT2D eigenvalue weighted by Gasteiger charge is 2.51. The molecule has 0 aliphatic carbocycles. The molecule has 184 valence electrons. The van der Waals surface area contributed by atoms with Crippen LogP contribution in [0.3, 0.4) is 0 Å². The van der Waals surface area contributed by atoms with E-state index in [0.29, 0.717) is 10.5 Å². The summed E-state index contributed by atoms with van der Waals surface area (Å²) in [5, 5.41) is 9.47. The number of amides is 4. The Labute approximate surface area is 200 Å². The second-order valence-electron chi connectivity index (χ2n) is 8.21. The molecule has 1 atom stereocenters. The number of halogens is 3. The highest BCUT2D eigenvalue weighted by molar-refractivity contribution is 6.10. The van der Waals surface area contributed by atoms with Gasteiger partial charge in [-0.1, -0.05) is 18.2 Å². The number of aromatic nitrogens is 3. The number of urea groups is 1. The first-order valence-electron chi connectivity index (χ1n) is 10.6. The predicted octanol–water partition coefficient (Wildman–Crippen LogP) is 3.44. The van der Waals surface area contributed by atoms with Gasteiger partial charge in [0.1, 0.15) is 30.5 Å². The Balaban J connectivity index is 1.39. The number of imide groups is 1.